The number of hydrogen-bond donors (Lipinski definition) is 1. The highest BCUT2D eigenvalue weighted by molar-refractivity contribution is 6.06. The van der Waals surface area contributed by atoms with Crippen LogP contribution in [0.2, 0.25) is 0 Å². The number of aliphatic carboxylic acids is 1. The zero-order valence-electron chi connectivity index (χ0n) is 18.5. The molecule has 1 N–H and O–H groups in total. The number of pyridine rings is 1. The van der Waals surface area contributed by atoms with Crippen LogP contribution in [0.3, 0.4) is 0 Å². The Hall–Kier alpha value is -3.40. The summed E-state index contributed by atoms with van der Waals surface area (Å²) in [5.41, 5.74) is 5.57. The molecule has 0 bridgehead atoms. The summed E-state index contributed by atoms with van der Waals surface area (Å²) in [6, 6.07) is 17.2. The third-order valence-electron chi connectivity index (χ3n) is 5.88. The van der Waals surface area contributed by atoms with Crippen molar-refractivity contribution in [3.05, 3.63) is 83.9 Å². The van der Waals surface area contributed by atoms with Crippen LogP contribution in [0.25, 0.3) is 33.5 Å². The molecule has 0 radical (unpaired) electrons. The van der Waals surface area contributed by atoms with Crippen LogP contribution in [0.5, 0.6) is 0 Å². The smallest absolute Gasteiger partial charge is 0.303 e. The third kappa shape index (κ3) is 4.31. The average molecular weight is 430 g/mol. The zero-order chi connectivity index (χ0) is 22.7. The van der Waals surface area contributed by atoms with Gasteiger partial charge in [-0.15, -0.1) is 0 Å². The summed E-state index contributed by atoms with van der Waals surface area (Å²) in [6.45, 7) is 4.38. The molecule has 0 saturated heterocycles. The summed E-state index contributed by atoms with van der Waals surface area (Å²) < 4.78 is 16.0. The maximum Gasteiger partial charge on any atom is 0.303 e. The summed E-state index contributed by atoms with van der Waals surface area (Å²) in [4.78, 5) is 10.8. The van der Waals surface area contributed by atoms with Crippen molar-refractivity contribution in [1.29, 1.82) is 0 Å². The maximum atomic E-state index is 13.7. The Morgan fingerprint density at radius 1 is 1.06 bits per heavy atom. The highest BCUT2D eigenvalue weighted by Crippen LogP contribution is 2.40. The first-order valence-corrected chi connectivity index (χ1v) is 11.2. The molecular formula is C28H28FNO2. The lowest BCUT2D eigenvalue weighted by Gasteiger charge is -2.09. The lowest BCUT2D eigenvalue weighted by Crippen LogP contribution is -1.97. The van der Waals surface area contributed by atoms with Crippen molar-refractivity contribution in [2.45, 2.75) is 45.4 Å². The number of nitrogens with zero attached hydrogens (tertiary/aromatic N) is 1. The molecule has 4 rings (SSSR count). The van der Waals surface area contributed by atoms with Crippen molar-refractivity contribution in [3.63, 3.8) is 0 Å². The van der Waals surface area contributed by atoms with E-state index in [4.69, 9.17) is 5.11 Å². The van der Waals surface area contributed by atoms with E-state index in [0.29, 0.717) is 6.42 Å². The second kappa shape index (κ2) is 9.39. The summed E-state index contributed by atoms with van der Waals surface area (Å²) in [6.07, 6.45) is 8.96. The van der Waals surface area contributed by atoms with E-state index < -0.39 is 5.97 Å². The number of unbranched alkanes of at least 4 members (excludes halogenated alkanes) is 2. The standard InChI is InChI=1S/C28H28FNO2/c1-19(2)27-24(11-5-3-4-6-12-25(31)32)26(21-13-15-22(29)16-14-21)28-23-10-8-7-9-20(23)17-18-30(27)28/h5,7-11,13-19H,3-4,6,12H2,1-2H3,(H,31,32). The lowest BCUT2D eigenvalue weighted by atomic mass is 9.96. The van der Waals surface area contributed by atoms with Gasteiger partial charge in [0.1, 0.15) is 5.82 Å². The van der Waals surface area contributed by atoms with Gasteiger partial charge in [-0.2, -0.15) is 0 Å². The van der Waals surface area contributed by atoms with Crippen molar-refractivity contribution in [2.24, 2.45) is 0 Å². The van der Waals surface area contributed by atoms with Gasteiger partial charge in [-0.25, -0.2) is 4.39 Å². The first-order chi connectivity index (χ1) is 15.5. The Kier molecular flexibility index (Phi) is 6.40. The molecule has 3 nitrogen and oxygen atoms in total. The quantitative estimate of drug-likeness (QED) is 0.292. The minimum Gasteiger partial charge on any atom is -0.481 e. The molecule has 164 valence electrons. The SMILES string of the molecule is CC(C)c1c(C=CCCCCC(=O)O)c(-c2ccc(F)cc2)c2c3ccccc3ccn12. The normalized spacial score (nSPS) is 11.9. The lowest BCUT2D eigenvalue weighted by molar-refractivity contribution is -0.137. The second-order valence-corrected chi connectivity index (χ2v) is 8.50. The molecule has 4 aromatic rings. The Bertz CT molecular complexity index is 1280. The Morgan fingerprint density at radius 2 is 1.81 bits per heavy atom. The summed E-state index contributed by atoms with van der Waals surface area (Å²) in [5, 5.41) is 11.2. The van der Waals surface area contributed by atoms with Crippen LogP contribution in [0.4, 0.5) is 4.39 Å². The van der Waals surface area contributed by atoms with Crippen molar-refractivity contribution in [2.75, 3.05) is 0 Å². The molecule has 0 atom stereocenters. The van der Waals surface area contributed by atoms with Crippen LogP contribution in [0, 0.1) is 5.82 Å². The number of halogens is 1. The Morgan fingerprint density at radius 3 is 2.53 bits per heavy atom. The van der Waals surface area contributed by atoms with Gasteiger partial charge in [0, 0.05) is 34.8 Å². The van der Waals surface area contributed by atoms with E-state index in [1.165, 1.54) is 23.2 Å². The highest BCUT2D eigenvalue weighted by atomic mass is 19.1. The van der Waals surface area contributed by atoms with Gasteiger partial charge in [0.2, 0.25) is 0 Å². The van der Waals surface area contributed by atoms with E-state index in [2.05, 4.69) is 60.9 Å². The van der Waals surface area contributed by atoms with Gasteiger partial charge in [0.05, 0.1) is 5.52 Å². The number of aromatic nitrogens is 1. The fourth-order valence-corrected chi connectivity index (χ4v) is 4.46. The minimum absolute atomic E-state index is 0.202. The van der Waals surface area contributed by atoms with E-state index >= 15 is 0 Å². The molecule has 4 heteroatoms. The number of benzene rings is 2. The second-order valence-electron chi connectivity index (χ2n) is 8.50. The Labute approximate surface area is 187 Å². The van der Waals surface area contributed by atoms with E-state index in [-0.39, 0.29) is 18.2 Å². The van der Waals surface area contributed by atoms with E-state index in [9.17, 15) is 9.18 Å². The number of carbonyl (C=O) groups is 1. The molecule has 0 amide bonds. The van der Waals surface area contributed by atoms with Crippen LogP contribution < -0.4 is 0 Å². The molecule has 2 aromatic carbocycles. The molecule has 32 heavy (non-hydrogen) atoms. The van der Waals surface area contributed by atoms with Gasteiger partial charge in [0.15, 0.2) is 0 Å². The highest BCUT2D eigenvalue weighted by Gasteiger charge is 2.21. The number of rotatable bonds is 8. The third-order valence-corrected chi connectivity index (χ3v) is 5.88. The number of carboxylic acids is 1. The van der Waals surface area contributed by atoms with Crippen LogP contribution in [0.15, 0.2) is 66.9 Å². The number of carboxylic acid groups (broad SMARTS) is 1. The fraction of sp³-hybridized carbons (Fsp3) is 0.250. The van der Waals surface area contributed by atoms with Crippen LogP contribution in [-0.4, -0.2) is 15.5 Å². The predicted octanol–water partition coefficient (Wildman–Crippen LogP) is 7.68. The van der Waals surface area contributed by atoms with E-state index in [1.807, 2.05) is 18.2 Å². The van der Waals surface area contributed by atoms with Gasteiger partial charge < -0.3 is 9.51 Å². The average Bonchev–Trinajstić information content (AvgIpc) is 3.11. The van der Waals surface area contributed by atoms with Gasteiger partial charge in [-0.1, -0.05) is 62.4 Å². The van der Waals surface area contributed by atoms with E-state index in [0.717, 1.165) is 40.4 Å². The van der Waals surface area contributed by atoms with Crippen molar-refractivity contribution in [1.82, 2.24) is 4.40 Å². The molecule has 0 unspecified atom stereocenters. The largest absolute Gasteiger partial charge is 0.481 e. The van der Waals surface area contributed by atoms with Gasteiger partial charge in [-0.3, -0.25) is 4.79 Å². The summed E-state index contributed by atoms with van der Waals surface area (Å²) >= 11 is 0. The van der Waals surface area contributed by atoms with Gasteiger partial charge in [0.25, 0.3) is 0 Å². The topological polar surface area (TPSA) is 41.7 Å². The molecule has 0 saturated carbocycles. The summed E-state index contributed by atoms with van der Waals surface area (Å²) in [5.74, 6) is -0.716. The zero-order valence-corrected chi connectivity index (χ0v) is 18.5. The van der Waals surface area contributed by atoms with Gasteiger partial charge in [-0.05, 0) is 54.3 Å². The summed E-state index contributed by atoms with van der Waals surface area (Å²) in [7, 11) is 0. The van der Waals surface area contributed by atoms with Crippen molar-refractivity contribution < 1.29 is 14.3 Å². The molecule has 0 fully saturated rings. The first-order valence-electron chi connectivity index (χ1n) is 11.2. The predicted molar refractivity (Wildman–Crippen MR) is 130 cm³/mol. The number of allylic oxidation sites excluding steroid dienone is 1. The molecule has 0 aliphatic carbocycles. The number of hydrogen-bond acceptors (Lipinski definition) is 1. The van der Waals surface area contributed by atoms with Crippen LogP contribution >= 0.6 is 0 Å². The van der Waals surface area contributed by atoms with Gasteiger partial charge >= 0.3 is 5.97 Å². The first kappa shape index (κ1) is 21.8. The minimum atomic E-state index is -0.750. The maximum absolute atomic E-state index is 13.7. The molecule has 0 spiro atoms. The molecule has 2 aromatic heterocycles. The fourth-order valence-electron chi connectivity index (χ4n) is 4.46. The molecule has 0 aliphatic rings. The van der Waals surface area contributed by atoms with E-state index in [1.54, 1.807) is 0 Å². The van der Waals surface area contributed by atoms with Crippen LogP contribution in [0.1, 0.15) is 56.7 Å². The molecule has 0 aliphatic heterocycles. The monoisotopic (exact) mass is 429 g/mol. The molecule has 2 heterocycles. The van der Waals surface area contributed by atoms with Crippen molar-refractivity contribution >= 4 is 28.3 Å². The Balaban J connectivity index is 1.91. The van der Waals surface area contributed by atoms with Crippen molar-refractivity contribution in [3.8, 4) is 11.1 Å². The number of fused-ring (bicyclic) bond motifs is 3. The van der Waals surface area contributed by atoms with Crippen LogP contribution in [-0.2, 0) is 4.79 Å². The molecular weight excluding hydrogens is 401 g/mol.